The number of hydrogen-bond acceptors (Lipinski definition) is 3. The minimum atomic E-state index is -0.427. The highest BCUT2D eigenvalue weighted by Gasteiger charge is 2.24. The molecule has 1 N–H and O–H groups in total. The van der Waals surface area contributed by atoms with Crippen molar-refractivity contribution in [2.24, 2.45) is 0 Å². The molecular formula is C4H9N3O2. The van der Waals surface area contributed by atoms with Gasteiger partial charge in [-0.3, -0.25) is 0 Å². The van der Waals surface area contributed by atoms with Crippen LogP contribution in [0.5, 0.6) is 0 Å². The summed E-state index contributed by atoms with van der Waals surface area (Å²) in [4.78, 5) is 10.0. The summed E-state index contributed by atoms with van der Waals surface area (Å²) in [5, 5.41) is 10.6. The van der Waals surface area contributed by atoms with E-state index in [0.717, 1.165) is 11.5 Å². The molecule has 1 saturated heterocycles. The number of rotatable bonds is 1. The van der Waals surface area contributed by atoms with Crippen molar-refractivity contribution >= 4 is 0 Å². The number of nitrogens with one attached hydrogen (secondary N) is 1. The van der Waals surface area contributed by atoms with Crippen LogP contribution in [0.25, 0.3) is 0 Å². The van der Waals surface area contributed by atoms with Crippen molar-refractivity contribution in [1.29, 1.82) is 0 Å². The van der Waals surface area contributed by atoms with Gasteiger partial charge in [-0.2, -0.15) is 5.43 Å². The van der Waals surface area contributed by atoms with Crippen molar-refractivity contribution < 1.29 is 5.03 Å². The number of nitro groups is 1. The van der Waals surface area contributed by atoms with Crippen molar-refractivity contribution in [2.75, 3.05) is 6.54 Å². The van der Waals surface area contributed by atoms with Gasteiger partial charge in [0.05, 0.1) is 6.54 Å². The van der Waals surface area contributed by atoms with Gasteiger partial charge in [0, 0.05) is 6.04 Å². The molecule has 1 atom stereocenters. The minimum absolute atomic E-state index is 0.246. The summed E-state index contributed by atoms with van der Waals surface area (Å²) in [6.45, 7) is 2.43. The van der Waals surface area contributed by atoms with Crippen molar-refractivity contribution in [2.45, 2.75) is 19.4 Å². The van der Waals surface area contributed by atoms with Gasteiger partial charge in [-0.15, -0.1) is 0 Å². The topological polar surface area (TPSA) is 58.4 Å². The highest BCUT2D eigenvalue weighted by molar-refractivity contribution is 4.64. The lowest BCUT2D eigenvalue weighted by molar-refractivity contribution is -0.665. The molecule has 1 fully saturated rings. The van der Waals surface area contributed by atoms with Gasteiger partial charge in [0.15, 0.2) is 5.03 Å². The van der Waals surface area contributed by atoms with Crippen LogP contribution in [0.2, 0.25) is 0 Å². The number of hydrogen-bond donors (Lipinski definition) is 1. The summed E-state index contributed by atoms with van der Waals surface area (Å²) in [6.07, 6.45) is 0.848. The third-order valence-corrected chi connectivity index (χ3v) is 1.34. The first kappa shape index (κ1) is 6.28. The van der Waals surface area contributed by atoms with Crippen LogP contribution in [0, 0.1) is 10.1 Å². The van der Waals surface area contributed by atoms with E-state index in [2.05, 4.69) is 5.43 Å². The summed E-state index contributed by atoms with van der Waals surface area (Å²) in [7, 11) is 0. The molecule has 5 nitrogen and oxygen atoms in total. The Morgan fingerprint density at radius 1 is 1.89 bits per heavy atom. The van der Waals surface area contributed by atoms with Gasteiger partial charge in [-0.05, 0) is 13.3 Å². The molecule has 1 heterocycles. The second-order valence-electron chi connectivity index (χ2n) is 2.18. The average molecular weight is 131 g/mol. The molecule has 0 bridgehead atoms. The molecule has 0 spiro atoms. The van der Waals surface area contributed by atoms with Crippen LogP contribution in [0.15, 0.2) is 0 Å². The quantitative estimate of drug-likeness (QED) is 0.394. The molecule has 0 aromatic rings. The molecule has 0 aromatic carbocycles. The maximum atomic E-state index is 10.0. The van der Waals surface area contributed by atoms with Gasteiger partial charge < -0.3 is 0 Å². The lowest BCUT2D eigenvalue weighted by Gasteiger charge is -2.05. The molecule has 0 amide bonds. The average Bonchev–Trinajstić information content (AvgIpc) is 2.14. The Hall–Kier alpha value is -0.840. The largest absolute Gasteiger partial charge is 0.233 e. The molecule has 0 aliphatic carbocycles. The lowest BCUT2D eigenvalue weighted by Crippen LogP contribution is -2.38. The molecule has 1 unspecified atom stereocenters. The van der Waals surface area contributed by atoms with E-state index in [9.17, 15) is 10.1 Å². The molecule has 9 heavy (non-hydrogen) atoms. The molecule has 0 radical (unpaired) electrons. The van der Waals surface area contributed by atoms with E-state index in [0.29, 0.717) is 6.54 Å². The van der Waals surface area contributed by atoms with Gasteiger partial charge in [-0.1, -0.05) is 5.12 Å². The fourth-order valence-corrected chi connectivity index (χ4v) is 0.828. The lowest BCUT2D eigenvalue weighted by atomic mass is 10.3. The van der Waals surface area contributed by atoms with Crippen LogP contribution in [0.4, 0.5) is 0 Å². The second-order valence-corrected chi connectivity index (χ2v) is 2.18. The summed E-state index contributed by atoms with van der Waals surface area (Å²) in [5.41, 5.74) is 2.69. The SMILES string of the molecule is CC1CCN([N+](=O)[O-])N1. The number of hydrazine groups is 2. The summed E-state index contributed by atoms with van der Waals surface area (Å²) in [6, 6.07) is 0.246. The van der Waals surface area contributed by atoms with Crippen LogP contribution in [-0.4, -0.2) is 22.7 Å². The Morgan fingerprint density at radius 2 is 2.56 bits per heavy atom. The van der Waals surface area contributed by atoms with Crippen LogP contribution in [-0.2, 0) is 0 Å². The van der Waals surface area contributed by atoms with Crippen molar-refractivity contribution in [3.8, 4) is 0 Å². The van der Waals surface area contributed by atoms with Crippen molar-refractivity contribution in [1.82, 2.24) is 10.5 Å². The van der Waals surface area contributed by atoms with E-state index in [1.165, 1.54) is 0 Å². The van der Waals surface area contributed by atoms with E-state index in [1.807, 2.05) is 6.92 Å². The zero-order valence-corrected chi connectivity index (χ0v) is 5.20. The maximum absolute atomic E-state index is 10.0. The monoisotopic (exact) mass is 131 g/mol. The third-order valence-electron chi connectivity index (χ3n) is 1.34. The molecule has 1 rings (SSSR count). The van der Waals surface area contributed by atoms with Crippen LogP contribution >= 0.6 is 0 Å². The highest BCUT2D eigenvalue weighted by Crippen LogP contribution is 2.02. The predicted octanol–water partition coefficient (Wildman–Crippen LogP) is -0.223. The predicted molar refractivity (Wildman–Crippen MR) is 30.9 cm³/mol. The Kier molecular flexibility index (Phi) is 1.52. The van der Waals surface area contributed by atoms with Gasteiger partial charge in [-0.25, -0.2) is 10.1 Å². The first-order chi connectivity index (χ1) is 4.20. The summed E-state index contributed by atoms with van der Waals surface area (Å²) in [5.74, 6) is 0. The molecular weight excluding hydrogens is 122 g/mol. The fraction of sp³-hybridized carbons (Fsp3) is 1.00. The van der Waals surface area contributed by atoms with Crippen LogP contribution in [0.1, 0.15) is 13.3 Å². The van der Waals surface area contributed by atoms with Gasteiger partial charge in [0.25, 0.3) is 0 Å². The highest BCUT2D eigenvalue weighted by atomic mass is 16.7. The number of nitrogens with zero attached hydrogens (tertiary/aromatic N) is 2. The molecule has 0 aromatic heterocycles. The Labute approximate surface area is 52.7 Å². The molecule has 52 valence electrons. The van der Waals surface area contributed by atoms with E-state index >= 15 is 0 Å². The van der Waals surface area contributed by atoms with E-state index in [4.69, 9.17) is 0 Å². The second kappa shape index (κ2) is 2.18. The Morgan fingerprint density at radius 3 is 2.78 bits per heavy atom. The standard InChI is InChI=1S/C4H9N3O2/c1-4-2-3-6(5-4)7(8)9/h4-5H,2-3H2,1H3. The van der Waals surface area contributed by atoms with E-state index in [-0.39, 0.29) is 6.04 Å². The molecule has 1 aliphatic rings. The zero-order valence-electron chi connectivity index (χ0n) is 5.20. The molecule has 5 heteroatoms. The van der Waals surface area contributed by atoms with E-state index in [1.54, 1.807) is 0 Å². The maximum Gasteiger partial charge on any atom is 0.176 e. The summed E-state index contributed by atoms with van der Waals surface area (Å²) >= 11 is 0. The Balaban J connectivity index is 2.39. The first-order valence-electron chi connectivity index (χ1n) is 2.88. The minimum Gasteiger partial charge on any atom is -0.233 e. The fourth-order valence-electron chi connectivity index (χ4n) is 0.828. The molecule has 1 aliphatic heterocycles. The van der Waals surface area contributed by atoms with E-state index < -0.39 is 5.03 Å². The van der Waals surface area contributed by atoms with Gasteiger partial charge in [0.1, 0.15) is 0 Å². The molecule has 0 saturated carbocycles. The Bertz CT molecular complexity index is 127. The van der Waals surface area contributed by atoms with Crippen molar-refractivity contribution in [3.05, 3.63) is 10.1 Å². The summed E-state index contributed by atoms with van der Waals surface area (Å²) < 4.78 is 0. The smallest absolute Gasteiger partial charge is 0.176 e. The van der Waals surface area contributed by atoms with Crippen LogP contribution in [0.3, 0.4) is 0 Å². The first-order valence-corrected chi connectivity index (χ1v) is 2.88. The van der Waals surface area contributed by atoms with Crippen LogP contribution < -0.4 is 5.43 Å². The third kappa shape index (κ3) is 1.29. The zero-order chi connectivity index (χ0) is 6.85. The van der Waals surface area contributed by atoms with Gasteiger partial charge >= 0.3 is 0 Å². The normalized spacial score (nSPS) is 26.8. The van der Waals surface area contributed by atoms with Gasteiger partial charge in [0.2, 0.25) is 0 Å². The van der Waals surface area contributed by atoms with Crippen molar-refractivity contribution in [3.63, 3.8) is 0 Å².